The second kappa shape index (κ2) is 6.14. The van der Waals surface area contributed by atoms with Crippen molar-refractivity contribution in [2.24, 2.45) is 0 Å². The molecule has 0 spiro atoms. The Bertz CT molecular complexity index is 391. The Morgan fingerprint density at radius 3 is 2.28 bits per heavy atom. The fourth-order valence-electron chi connectivity index (χ4n) is 2.67. The summed E-state index contributed by atoms with van der Waals surface area (Å²) in [7, 11) is 2.17. The zero-order chi connectivity index (χ0) is 13.1. The maximum absolute atomic E-state index is 6.06. The van der Waals surface area contributed by atoms with Gasteiger partial charge in [-0.2, -0.15) is 0 Å². The van der Waals surface area contributed by atoms with Crippen LogP contribution in [0.2, 0.25) is 10.0 Å². The van der Waals surface area contributed by atoms with Crippen molar-refractivity contribution in [2.75, 3.05) is 12.8 Å². The summed E-state index contributed by atoms with van der Waals surface area (Å²) in [6.07, 6.45) is 6.67. The van der Waals surface area contributed by atoms with Gasteiger partial charge in [0, 0.05) is 12.6 Å². The first kappa shape index (κ1) is 14.0. The summed E-state index contributed by atoms with van der Waals surface area (Å²) in [6.45, 7) is 0.879. The summed E-state index contributed by atoms with van der Waals surface area (Å²) < 4.78 is 0. The Labute approximate surface area is 119 Å². The summed E-state index contributed by atoms with van der Waals surface area (Å²) in [4.78, 5) is 2.40. The number of rotatable bonds is 3. The normalized spacial score (nSPS) is 17.3. The molecule has 2 nitrogen and oxygen atoms in total. The molecule has 1 aliphatic rings. The maximum atomic E-state index is 6.06. The highest BCUT2D eigenvalue weighted by molar-refractivity contribution is 6.38. The molecule has 0 saturated heterocycles. The van der Waals surface area contributed by atoms with Crippen molar-refractivity contribution in [3.8, 4) is 0 Å². The fourth-order valence-corrected chi connectivity index (χ4v) is 3.20. The van der Waals surface area contributed by atoms with Crippen molar-refractivity contribution in [1.82, 2.24) is 4.90 Å². The van der Waals surface area contributed by atoms with Crippen LogP contribution in [0.25, 0.3) is 0 Å². The predicted octanol–water partition coefficient (Wildman–Crippen LogP) is 4.34. The van der Waals surface area contributed by atoms with Gasteiger partial charge < -0.3 is 5.73 Å². The van der Waals surface area contributed by atoms with Crippen LogP contribution in [0.4, 0.5) is 5.69 Å². The van der Waals surface area contributed by atoms with Crippen LogP contribution in [0.5, 0.6) is 0 Å². The van der Waals surface area contributed by atoms with Crippen LogP contribution in [0.15, 0.2) is 12.1 Å². The molecular weight excluding hydrogens is 267 g/mol. The van der Waals surface area contributed by atoms with E-state index in [0.717, 1.165) is 12.1 Å². The molecule has 1 saturated carbocycles. The average molecular weight is 287 g/mol. The molecular formula is C14H20Cl2N2. The first-order chi connectivity index (χ1) is 8.58. The SMILES string of the molecule is CN(Cc1cc(Cl)c(N)c(Cl)c1)C1CCCCC1. The minimum Gasteiger partial charge on any atom is -0.396 e. The van der Waals surface area contributed by atoms with E-state index < -0.39 is 0 Å². The van der Waals surface area contributed by atoms with Gasteiger partial charge in [0.2, 0.25) is 0 Å². The average Bonchev–Trinajstić information content (AvgIpc) is 2.37. The van der Waals surface area contributed by atoms with E-state index in [1.807, 2.05) is 12.1 Å². The fraction of sp³-hybridized carbons (Fsp3) is 0.571. The number of halogens is 2. The summed E-state index contributed by atoms with van der Waals surface area (Å²) in [5.41, 5.74) is 7.35. The smallest absolute Gasteiger partial charge is 0.0693 e. The molecule has 0 unspecified atom stereocenters. The Balaban J connectivity index is 2.04. The highest BCUT2D eigenvalue weighted by atomic mass is 35.5. The molecule has 0 amide bonds. The first-order valence-electron chi connectivity index (χ1n) is 6.51. The van der Waals surface area contributed by atoms with Gasteiger partial charge in [-0.25, -0.2) is 0 Å². The first-order valence-corrected chi connectivity index (χ1v) is 7.27. The molecule has 0 heterocycles. The highest BCUT2D eigenvalue weighted by Gasteiger charge is 2.18. The van der Waals surface area contributed by atoms with Crippen molar-refractivity contribution in [3.63, 3.8) is 0 Å². The molecule has 0 atom stereocenters. The van der Waals surface area contributed by atoms with Crippen molar-refractivity contribution < 1.29 is 0 Å². The lowest BCUT2D eigenvalue weighted by atomic mass is 9.94. The predicted molar refractivity (Wildman–Crippen MR) is 79.2 cm³/mol. The Kier molecular flexibility index (Phi) is 4.77. The van der Waals surface area contributed by atoms with Crippen LogP contribution in [0, 0.1) is 0 Å². The van der Waals surface area contributed by atoms with Gasteiger partial charge >= 0.3 is 0 Å². The molecule has 0 bridgehead atoms. The van der Waals surface area contributed by atoms with Crippen molar-refractivity contribution in [3.05, 3.63) is 27.7 Å². The van der Waals surface area contributed by atoms with E-state index in [2.05, 4.69) is 11.9 Å². The lowest BCUT2D eigenvalue weighted by Crippen LogP contribution is -2.32. The second-order valence-electron chi connectivity index (χ2n) is 5.18. The summed E-state index contributed by atoms with van der Waals surface area (Å²) in [5.74, 6) is 0. The second-order valence-corrected chi connectivity index (χ2v) is 5.99. The standard InChI is InChI=1S/C14H20Cl2N2/c1-18(11-5-3-2-4-6-11)9-10-7-12(15)14(17)13(16)8-10/h7-8,11H,2-6,9,17H2,1H3. The molecule has 4 heteroatoms. The van der Waals surface area contributed by atoms with Gasteiger partial charge in [0.15, 0.2) is 0 Å². The van der Waals surface area contributed by atoms with Crippen LogP contribution >= 0.6 is 23.2 Å². The molecule has 2 rings (SSSR count). The van der Waals surface area contributed by atoms with Crippen LogP contribution < -0.4 is 5.73 Å². The quantitative estimate of drug-likeness (QED) is 0.838. The number of nitrogen functional groups attached to an aromatic ring is 1. The third kappa shape index (κ3) is 3.31. The molecule has 1 fully saturated rings. The summed E-state index contributed by atoms with van der Waals surface area (Å²) >= 11 is 12.1. The van der Waals surface area contributed by atoms with E-state index in [9.17, 15) is 0 Å². The van der Waals surface area contributed by atoms with Gasteiger partial charge in [-0.15, -0.1) is 0 Å². The van der Waals surface area contributed by atoms with E-state index in [4.69, 9.17) is 28.9 Å². The molecule has 0 aliphatic heterocycles. The van der Waals surface area contributed by atoms with Gasteiger partial charge in [-0.3, -0.25) is 4.90 Å². The molecule has 1 aliphatic carbocycles. The monoisotopic (exact) mass is 286 g/mol. The zero-order valence-corrected chi connectivity index (χ0v) is 12.3. The summed E-state index contributed by atoms with van der Waals surface area (Å²) in [5, 5.41) is 1.10. The van der Waals surface area contributed by atoms with Gasteiger partial charge in [0.05, 0.1) is 15.7 Å². The van der Waals surface area contributed by atoms with Crippen LogP contribution in [0.1, 0.15) is 37.7 Å². The van der Waals surface area contributed by atoms with E-state index in [1.54, 1.807) is 0 Å². The largest absolute Gasteiger partial charge is 0.396 e. The molecule has 1 aromatic carbocycles. The topological polar surface area (TPSA) is 29.3 Å². The molecule has 18 heavy (non-hydrogen) atoms. The van der Waals surface area contributed by atoms with E-state index in [-0.39, 0.29) is 0 Å². The molecule has 0 radical (unpaired) electrons. The molecule has 0 aromatic heterocycles. The van der Waals surface area contributed by atoms with Crippen molar-refractivity contribution in [1.29, 1.82) is 0 Å². The molecule has 1 aromatic rings. The molecule has 2 N–H and O–H groups in total. The number of nitrogens with two attached hydrogens (primary N) is 1. The lowest BCUT2D eigenvalue weighted by Gasteiger charge is -2.31. The number of hydrogen-bond donors (Lipinski definition) is 1. The Morgan fingerprint density at radius 2 is 1.72 bits per heavy atom. The lowest BCUT2D eigenvalue weighted by molar-refractivity contribution is 0.184. The number of benzene rings is 1. The third-order valence-electron chi connectivity index (χ3n) is 3.77. The van der Waals surface area contributed by atoms with Crippen LogP contribution in [-0.2, 0) is 6.54 Å². The maximum Gasteiger partial charge on any atom is 0.0693 e. The third-order valence-corrected chi connectivity index (χ3v) is 4.39. The van der Waals surface area contributed by atoms with E-state index in [0.29, 0.717) is 21.8 Å². The molecule has 100 valence electrons. The van der Waals surface area contributed by atoms with Crippen LogP contribution in [-0.4, -0.2) is 18.0 Å². The number of nitrogens with zero attached hydrogens (tertiary/aromatic N) is 1. The van der Waals surface area contributed by atoms with Gasteiger partial charge in [-0.1, -0.05) is 42.5 Å². The zero-order valence-electron chi connectivity index (χ0n) is 10.8. The highest BCUT2D eigenvalue weighted by Crippen LogP contribution is 2.30. The minimum atomic E-state index is 0.474. The van der Waals surface area contributed by atoms with E-state index in [1.165, 1.54) is 32.1 Å². The number of hydrogen-bond acceptors (Lipinski definition) is 2. The Hall–Kier alpha value is -0.440. The van der Waals surface area contributed by atoms with Crippen molar-refractivity contribution >= 4 is 28.9 Å². The van der Waals surface area contributed by atoms with Gasteiger partial charge in [0.25, 0.3) is 0 Å². The van der Waals surface area contributed by atoms with Crippen molar-refractivity contribution in [2.45, 2.75) is 44.7 Å². The number of anilines is 1. The van der Waals surface area contributed by atoms with Gasteiger partial charge in [0.1, 0.15) is 0 Å². The van der Waals surface area contributed by atoms with Crippen LogP contribution in [0.3, 0.4) is 0 Å². The van der Waals surface area contributed by atoms with Gasteiger partial charge in [-0.05, 0) is 37.6 Å². The Morgan fingerprint density at radius 1 is 1.17 bits per heavy atom. The van der Waals surface area contributed by atoms with E-state index >= 15 is 0 Å². The minimum absolute atomic E-state index is 0.474. The summed E-state index contributed by atoms with van der Waals surface area (Å²) in [6, 6.07) is 4.53.